The molecule has 175 valence electrons. The molecule has 0 amide bonds. The molecular formula is C33H31BN2+. The van der Waals surface area contributed by atoms with Gasteiger partial charge in [0.2, 0.25) is 0 Å². The van der Waals surface area contributed by atoms with Crippen molar-refractivity contribution in [3.05, 3.63) is 142 Å². The Labute approximate surface area is 215 Å². The first-order chi connectivity index (χ1) is 17.5. The van der Waals surface area contributed by atoms with E-state index in [0.29, 0.717) is 0 Å². The van der Waals surface area contributed by atoms with Gasteiger partial charge in [-0.1, -0.05) is 103 Å². The third kappa shape index (κ3) is 4.57. The summed E-state index contributed by atoms with van der Waals surface area (Å²) in [6.07, 6.45) is 19.5. The molecule has 3 heteroatoms. The number of hydrogen-bond donors (Lipinski definition) is 0. The van der Waals surface area contributed by atoms with Crippen molar-refractivity contribution in [2.75, 3.05) is 0 Å². The molecule has 3 heterocycles. The number of fused-ring (bicyclic) bond motifs is 2. The summed E-state index contributed by atoms with van der Waals surface area (Å²) >= 11 is 0. The minimum absolute atomic E-state index is 1.21. The van der Waals surface area contributed by atoms with E-state index < -0.39 is 0 Å². The SMILES string of the molecule is CC1=C(/C=C/C=C/c2ccccc2)C(C)=[N+]2[B]n3c(C)c(/C=C/C=C/c4ccccc4)c(C)c3C=C12. The maximum Gasteiger partial charge on any atom is 0.699 e. The van der Waals surface area contributed by atoms with Gasteiger partial charge in [-0.15, -0.1) is 0 Å². The Balaban J connectivity index is 1.39. The Morgan fingerprint density at radius 2 is 1.25 bits per heavy atom. The van der Waals surface area contributed by atoms with Crippen molar-refractivity contribution >= 4 is 37.6 Å². The third-order valence-corrected chi connectivity index (χ3v) is 7.03. The zero-order chi connectivity index (χ0) is 25.1. The molecule has 3 aromatic rings. The van der Waals surface area contributed by atoms with E-state index >= 15 is 0 Å². The molecule has 2 aliphatic rings. The summed E-state index contributed by atoms with van der Waals surface area (Å²) in [5.74, 6) is 0. The van der Waals surface area contributed by atoms with Gasteiger partial charge in [-0.3, -0.25) is 4.49 Å². The summed E-state index contributed by atoms with van der Waals surface area (Å²) in [4.78, 5) is 0. The van der Waals surface area contributed by atoms with Crippen LogP contribution in [0.25, 0.3) is 24.3 Å². The highest BCUT2D eigenvalue weighted by Gasteiger charge is 2.38. The van der Waals surface area contributed by atoms with Crippen LogP contribution in [-0.4, -0.2) is 22.2 Å². The van der Waals surface area contributed by atoms with Gasteiger partial charge >= 0.3 is 7.55 Å². The number of hydrogen-bond acceptors (Lipinski definition) is 0. The lowest BCUT2D eigenvalue weighted by atomic mass is 10.00. The smallest absolute Gasteiger partial charge is 0.322 e. The second-order valence-electron chi connectivity index (χ2n) is 9.28. The quantitative estimate of drug-likeness (QED) is 0.261. The largest absolute Gasteiger partial charge is 0.699 e. The molecule has 0 unspecified atom stereocenters. The van der Waals surface area contributed by atoms with E-state index in [1.54, 1.807) is 0 Å². The van der Waals surface area contributed by atoms with Crippen LogP contribution < -0.4 is 0 Å². The number of aromatic nitrogens is 1. The minimum Gasteiger partial charge on any atom is -0.322 e. The summed E-state index contributed by atoms with van der Waals surface area (Å²) in [7, 11) is 2.24. The first-order valence-electron chi connectivity index (χ1n) is 12.5. The van der Waals surface area contributed by atoms with E-state index in [-0.39, 0.29) is 0 Å². The van der Waals surface area contributed by atoms with E-state index in [1.165, 1.54) is 56.2 Å². The lowest BCUT2D eigenvalue weighted by molar-refractivity contribution is -0.314. The second-order valence-corrected chi connectivity index (χ2v) is 9.28. The average Bonchev–Trinajstić information content (AvgIpc) is 3.28. The van der Waals surface area contributed by atoms with Crippen LogP contribution >= 0.6 is 0 Å². The lowest BCUT2D eigenvalue weighted by Crippen LogP contribution is -2.30. The van der Waals surface area contributed by atoms with Gasteiger partial charge in [0, 0.05) is 35.5 Å². The summed E-state index contributed by atoms with van der Waals surface area (Å²) < 4.78 is 4.64. The van der Waals surface area contributed by atoms with Gasteiger partial charge in [0.1, 0.15) is 0 Å². The van der Waals surface area contributed by atoms with E-state index in [4.69, 9.17) is 0 Å². The molecule has 5 rings (SSSR count). The van der Waals surface area contributed by atoms with E-state index in [9.17, 15) is 0 Å². The van der Waals surface area contributed by atoms with Crippen molar-refractivity contribution in [1.82, 2.24) is 4.48 Å². The van der Waals surface area contributed by atoms with Gasteiger partial charge in [-0.2, -0.15) is 0 Å². The van der Waals surface area contributed by atoms with Crippen LogP contribution in [0, 0.1) is 13.8 Å². The van der Waals surface area contributed by atoms with Gasteiger partial charge < -0.3 is 4.48 Å². The first-order valence-corrected chi connectivity index (χ1v) is 12.5. The highest BCUT2D eigenvalue weighted by atomic mass is 15.1. The van der Waals surface area contributed by atoms with Crippen molar-refractivity contribution in [3.8, 4) is 0 Å². The summed E-state index contributed by atoms with van der Waals surface area (Å²) in [6.45, 7) is 8.85. The normalized spacial score (nSPS) is 15.5. The maximum atomic E-state index is 2.33. The van der Waals surface area contributed by atoms with Crippen molar-refractivity contribution in [2.24, 2.45) is 0 Å². The Hall–Kier alpha value is -4.11. The Morgan fingerprint density at radius 1 is 0.694 bits per heavy atom. The van der Waals surface area contributed by atoms with Crippen molar-refractivity contribution in [3.63, 3.8) is 0 Å². The number of allylic oxidation sites excluding steroid dienone is 7. The molecule has 0 fully saturated rings. The number of rotatable bonds is 6. The van der Waals surface area contributed by atoms with Crippen molar-refractivity contribution in [2.45, 2.75) is 27.7 Å². The number of benzene rings is 2. The minimum atomic E-state index is 1.21. The summed E-state index contributed by atoms with van der Waals surface area (Å²) in [5.41, 5.74) is 12.6. The second kappa shape index (κ2) is 10.3. The van der Waals surface area contributed by atoms with Crippen LogP contribution in [-0.2, 0) is 0 Å². The maximum absolute atomic E-state index is 2.33. The van der Waals surface area contributed by atoms with Gasteiger partial charge in [0.25, 0.3) is 0 Å². The standard InChI is InChI=1S/C33H31BN2/c1-24-30(21-13-11-19-28-15-7-5-8-16-28)26(3)35-32(24)23-33-25(2)31(27(4)36(33)34-35)22-14-12-20-29-17-9-6-10-18-29/h5-23H,1-4H3/q+1/b19-11+,20-12+,21-13+,22-14+. The number of nitrogens with zero attached hydrogens (tertiary/aromatic N) is 2. The Kier molecular flexibility index (Phi) is 6.73. The Morgan fingerprint density at radius 3 is 1.86 bits per heavy atom. The molecule has 1 aromatic heterocycles. The van der Waals surface area contributed by atoms with Crippen molar-refractivity contribution < 1.29 is 4.49 Å². The zero-order valence-corrected chi connectivity index (χ0v) is 21.4. The molecule has 0 N–H and O–H groups in total. The predicted molar refractivity (Wildman–Crippen MR) is 156 cm³/mol. The molecule has 1 radical (unpaired) electrons. The monoisotopic (exact) mass is 466 g/mol. The molecule has 2 nitrogen and oxygen atoms in total. The van der Waals surface area contributed by atoms with Crippen LogP contribution in [0.15, 0.2) is 108 Å². The van der Waals surface area contributed by atoms with Crippen LogP contribution in [0.4, 0.5) is 0 Å². The molecule has 0 spiro atoms. The van der Waals surface area contributed by atoms with Gasteiger partial charge in [0.05, 0.1) is 0 Å². The Bertz CT molecular complexity index is 1500. The zero-order valence-electron chi connectivity index (χ0n) is 21.4. The van der Waals surface area contributed by atoms with Gasteiger partial charge in [0.15, 0.2) is 11.4 Å². The summed E-state index contributed by atoms with van der Waals surface area (Å²) in [5, 5.41) is 0. The van der Waals surface area contributed by atoms with E-state index in [2.05, 4.69) is 147 Å². The average molecular weight is 466 g/mol. The van der Waals surface area contributed by atoms with Crippen LogP contribution in [0.2, 0.25) is 0 Å². The molecule has 0 saturated carbocycles. The van der Waals surface area contributed by atoms with Crippen LogP contribution in [0.5, 0.6) is 0 Å². The molecule has 2 aliphatic heterocycles. The molecular weight excluding hydrogens is 435 g/mol. The fraction of sp³-hybridized carbons (Fsp3) is 0.121. The molecule has 0 bridgehead atoms. The highest BCUT2D eigenvalue weighted by Crippen LogP contribution is 2.34. The van der Waals surface area contributed by atoms with Crippen molar-refractivity contribution in [1.29, 1.82) is 0 Å². The van der Waals surface area contributed by atoms with Gasteiger partial charge in [-0.25, -0.2) is 0 Å². The fourth-order valence-electron chi connectivity index (χ4n) is 4.96. The molecule has 0 saturated heterocycles. The first kappa shape index (κ1) is 23.6. The highest BCUT2D eigenvalue weighted by molar-refractivity contribution is 6.29. The molecule has 0 atom stereocenters. The van der Waals surface area contributed by atoms with E-state index in [0.717, 1.165) is 0 Å². The molecule has 2 aromatic carbocycles. The lowest BCUT2D eigenvalue weighted by Gasteiger charge is -2.12. The fourth-order valence-corrected chi connectivity index (χ4v) is 4.96. The molecule has 0 aliphatic carbocycles. The van der Waals surface area contributed by atoms with Gasteiger partial charge in [-0.05, 0) is 49.1 Å². The van der Waals surface area contributed by atoms with E-state index in [1.807, 2.05) is 12.1 Å². The topological polar surface area (TPSA) is 7.94 Å². The summed E-state index contributed by atoms with van der Waals surface area (Å²) in [6, 6.07) is 20.8. The molecule has 36 heavy (non-hydrogen) atoms. The predicted octanol–water partition coefficient (Wildman–Crippen LogP) is 7.64. The third-order valence-electron chi connectivity index (χ3n) is 7.03. The van der Waals surface area contributed by atoms with Crippen LogP contribution in [0.1, 0.15) is 47.5 Å². The van der Waals surface area contributed by atoms with Crippen LogP contribution in [0.3, 0.4) is 0 Å².